The zero-order chi connectivity index (χ0) is 21.6. The molecule has 3 rings (SSSR count). The molecule has 0 radical (unpaired) electrons. The zero-order valence-electron chi connectivity index (χ0n) is 18.4. The topological polar surface area (TPSA) is 21.3 Å². The number of allylic oxidation sites excluding steroid dienone is 2. The molecule has 0 unspecified atom stereocenters. The van der Waals surface area contributed by atoms with Crippen molar-refractivity contribution in [2.45, 2.75) is 20.3 Å². The quantitative estimate of drug-likeness (QED) is 0.254. The predicted octanol–water partition coefficient (Wildman–Crippen LogP) is 6.85. The summed E-state index contributed by atoms with van der Waals surface area (Å²) in [5.74, 6) is 0.902. The van der Waals surface area contributed by atoms with Gasteiger partial charge in [-0.25, -0.2) is 0 Å². The number of nitrogens with one attached hydrogen (secondary N) is 1. The zero-order valence-corrected chi connectivity index (χ0v) is 18.4. The molecule has 0 bridgehead atoms. The summed E-state index contributed by atoms with van der Waals surface area (Å²) in [6.07, 6.45) is 2.72. The lowest BCUT2D eigenvalue weighted by Gasteiger charge is -2.17. The Labute approximate surface area is 181 Å². The molecule has 0 atom stereocenters. The van der Waals surface area contributed by atoms with Gasteiger partial charge < -0.3 is 10.1 Å². The van der Waals surface area contributed by atoms with Crippen molar-refractivity contribution in [3.8, 4) is 5.75 Å². The molecule has 3 aromatic carbocycles. The van der Waals surface area contributed by atoms with Crippen LogP contribution >= 0.6 is 0 Å². The highest BCUT2D eigenvalue weighted by molar-refractivity contribution is 5.98. The van der Waals surface area contributed by atoms with Crippen LogP contribution in [0.1, 0.15) is 37.0 Å². The fourth-order valence-electron chi connectivity index (χ4n) is 3.27. The molecule has 3 aromatic rings. The third-order valence-electron chi connectivity index (χ3n) is 4.60. The Morgan fingerprint density at radius 2 is 1.33 bits per heavy atom. The van der Waals surface area contributed by atoms with Crippen molar-refractivity contribution in [2.24, 2.45) is 0 Å². The summed E-state index contributed by atoms with van der Waals surface area (Å²) in [5.41, 5.74) is 6.36. The summed E-state index contributed by atoms with van der Waals surface area (Å²) >= 11 is 0. The molecule has 156 valence electrons. The molecule has 0 saturated carbocycles. The van der Waals surface area contributed by atoms with Gasteiger partial charge in [-0.1, -0.05) is 85.8 Å². The third-order valence-corrected chi connectivity index (χ3v) is 4.60. The lowest BCUT2D eigenvalue weighted by molar-refractivity contribution is 0.318. The predicted molar refractivity (Wildman–Crippen MR) is 131 cm³/mol. The van der Waals surface area contributed by atoms with Crippen LogP contribution < -0.4 is 10.1 Å². The summed E-state index contributed by atoms with van der Waals surface area (Å²) < 4.78 is 5.78. The van der Waals surface area contributed by atoms with Gasteiger partial charge in [-0.05, 0) is 60.4 Å². The molecule has 30 heavy (non-hydrogen) atoms. The van der Waals surface area contributed by atoms with Crippen molar-refractivity contribution in [2.75, 3.05) is 20.2 Å². The van der Waals surface area contributed by atoms with Crippen molar-refractivity contribution in [1.82, 2.24) is 5.32 Å². The van der Waals surface area contributed by atoms with Crippen LogP contribution in [-0.4, -0.2) is 20.2 Å². The van der Waals surface area contributed by atoms with E-state index in [9.17, 15) is 0 Å². The number of hydrogen-bond donors (Lipinski definition) is 1. The van der Waals surface area contributed by atoms with Crippen LogP contribution in [0.15, 0.2) is 97.6 Å². The highest BCUT2D eigenvalue weighted by Gasteiger charge is 2.12. The lowest BCUT2D eigenvalue weighted by atomic mass is 9.88. The number of hydrogen-bond acceptors (Lipinski definition) is 2. The van der Waals surface area contributed by atoms with E-state index >= 15 is 0 Å². The minimum atomic E-state index is 0.668. The Balaban J connectivity index is 0.00000101. The Bertz CT molecular complexity index is 896. The van der Waals surface area contributed by atoms with Crippen molar-refractivity contribution < 1.29 is 4.74 Å². The van der Waals surface area contributed by atoms with E-state index in [-0.39, 0.29) is 0 Å². The summed E-state index contributed by atoms with van der Waals surface area (Å²) in [6.45, 7) is 8.98. The molecule has 1 N–H and O–H groups in total. The van der Waals surface area contributed by atoms with E-state index in [0.29, 0.717) is 6.61 Å². The molecule has 0 aromatic heterocycles. The first-order valence-electron chi connectivity index (χ1n) is 10.5. The van der Waals surface area contributed by atoms with Crippen LogP contribution in [0.25, 0.3) is 11.1 Å². The molecular weight excluding hydrogens is 366 g/mol. The molecule has 0 fully saturated rings. The van der Waals surface area contributed by atoms with Crippen LogP contribution in [-0.2, 0) is 0 Å². The first-order valence-corrected chi connectivity index (χ1v) is 10.5. The van der Waals surface area contributed by atoms with Gasteiger partial charge in [-0.15, -0.1) is 6.58 Å². The first kappa shape index (κ1) is 23.2. The molecule has 0 amide bonds. The smallest absolute Gasteiger partial charge is 0.119 e. The van der Waals surface area contributed by atoms with Crippen molar-refractivity contribution in [1.29, 1.82) is 0 Å². The highest BCUT2D eigenvalue weighted by Crippen LogP contribution is 2.34. The Hall–Kier alpha value is -3.10. The monoisotopic (exact) mass is 399 g/mol. The van der Waals surface area contributed by atoms with Gasteiger partial charge in [0.05, 0.1) is 0 Å². The molecule has 0 spiro atoms. The normalized spacial score (nSPS) is 11.0. The summed E-state index contributed by atoms with van der Waals surface area (Å²) in [6, 6.07) is 29.7. The summed E-state index contributed by atoms with van der Waals surface area (Å²) in [7, 11) is 1.93. The minimum Gasteiger partial charge on any atom is -0.492 e. The van der Waals surface area contributed by atoms with E-state index in [1.807, 2.05) is 14.0 Å². The Kier molecular flexibility index (Phi) is 10.2. The van der Waals surface area contributed by atoms with Gasteiger partial charge in [0.1, 0.15) is 12.4 Å². The maximum Gasteiger partial charge on any atom is 0.119 e. The molecule has 2 nitrogen and oxygen atoms in total. The second-order valence-corrected chi connectivity index (χ2v) is 6.82. The molecule has 0 aliphatic carbocycles. The van der Waals surface area contributed by atoms with E-state index in [1.165, 1.54) is 27.8 Å². The summed E-state index contributed by atoms with van der Waals surface area (Å²) in [4.78, 5) is 0. The van der Waals surface area contributed by atoms with Gasteiger partial charge in [0.2, 0.25) is 0 Å². The number of likely N-dealkylation sites (N-methyl/N-ethyl adjacent to an activating group) is 1. The van der Waals surface area contributed by atoms with Gasteiger partial charge in [-0.2, -0.15) is 0 Å². The van der Waals surface area contributed by atoms with E-state index < -0.39 is 0 Å². The largest absolute Gasteiger partial charge is 0.492 e. The molecule has 0 heterocycles. The fourth-order valence-corrected chi connectivity index (χ4v) is 3.27. The van der Waals surface area contributed by atoms with Crippen LogP contribution in [0.5, 0.6) is 5.75 Å². The SMILES string of the molecule is C=CC.CC/C(=C(\c1ccccc1)c1ccc(OCCNC)cc1)c1ccccc1. The third kappa shape index (κ3) is 6.75. The lowest BCUT2D eigenvalue weighted by Crippen LogP contribution is -2.15. The second-order valence-electron chi connectivity index (χ2n) is 6.82. The average molecular weight is 400 g/mol. The van der Waals surface area contributed by atoms with Crippen LogP contribution in [0.3, 0.4) is 0 Å². The van der Waals surface area contributed by atoms with Gasteiger partial charge in [-0.3, -0.25) is 0 Å². The number of rotatable bonds is 8. The highest BCUT2D eigenvalue weighted by atomic mass is 16.5. The van der Waals surface area contributed by atoms with Gasteiger partial charge in [0.15, 0.2) is 0 Å². The maximum absolute atomic E-state index is 5.78. The van der Waals surface area contributed by atoms with Crippen LogP contribution in [0.2, 0.25) is 0 Å². The number of benzene rings is 3. The van der Waals surface area contributed by atoms with Crippen LogP contribution in [0.4, 0.5) is 0 Å². The standard InChI is InChI=1S/C25H27NO.C3H6/c1-3-24(20-10-6-4-7-11-20)25(21-12-8-5-9-13-21)22-14-16-23(17-15-22)27-19-18-26-2;1-3-2/h4-17,26H,3,18-19H2,1-2H3;3H,1H2,2H3/b25-24-;. The fraction of sp³-hybridized carbons (Fsp3) is 0.214. The van der Waals surface area contributed by atoms with E-state index in [2.05, 4.69) is 104 Å². The van der Waals surface area contributed by atoms with Crippen LogP contribution in [0, 0.1) is 0 Å². The van der Waals surface area contributed by atoms with Gasteiger partial charge in [0.25, 0.3) is 0 Å². The Morgan fingerprint density at radius 1 is 0.833 bits per heavy atom. The Morgan fingerprint density at radius 3 is 1.83 bits per heavy atom. The average Bonchev–Trinajstić information content (AvgIpc) is 2.80. The molecular formula is C28H33NO. The second kappa shape index (κ2) is 13.2. The van der Waals surface area contributed by atoms with Crippen molar-refractivity contribution >= 4 is 11.1 Å². The first-order chi connectivity index (χ1) is 14.7. The molecule has 2 heteroatoms. The molecule has 0 aliphatic rings. The summed E-state index contributed by atoms with van der Waals surface area (Å²) in [5, 5.41) is 3.10. The molecule has 0 saturated heterocycles. The van der Waals surface area contributed by atoms with E-state index in [1.54, 1.807) is 6.08 Å². The molecule has 0 aliphatic heterocycles. The van der Waals surface area contributed by atoms with Gasteiger partial charge in [0, 0.05) is 6.54 Å². The van der Waals surface area contributed by atoms with Crippen molar-refractivity contribution in [3.63, 3.8) is 0 Å². The maximum atomic E-state index is 5.78. The minimum absolute atomic E-state index is 0.668. The van der Waals surface area contributed by atoms with E-state index in [4.69, 9.17) is 4.74 Å². The van der Waals surface area contributed by atoms with Crippen molar-refractivity contribution in [3.05, 3.63) is 114 Å². The number of ether oxygens (including phenoxy) is 1. The van der Waals surface area contributed by atoms with Gasteiger partial charge >= 0.3 is 0 Å². The van der Waals surface area contributed by atoms with E-state index in [0.717, 1.165) is 18.7 Å².